The molecule has 0 aromatic heterocycles. The van der Waals surface area contributed by atoms with Gasteiger partial charge in [-0.15, -0.1) is 0 Å². The predicted molar refractivity (Wildman–Crippen MR) is 235 cm³/mol. The average molecular weight is 879 g/mol. The van der Waals surface area contributed by atoms with Gasteiger partial charge in [-0.05, 0) is 38.5 Å². The van der Waals surface area contributed by atoms with Crippen LogP contribution in [0.25, 0.3) is 0 Å². The smallest absolute Gasteiger partial charge is 0.462 e. The molecule has 0 aliphatic heterocycles. The summed E-state index contributed by atoms with van der Waals surface area (Å²) in [4.78, 5) is 35.7. The zero-order chi connectivity index (χ0) is 44.3. The molecule has 0 aromatic carbocycles. The highest BCUT2D eigenvalue weighted by Gasteiger charge is 2.51. The molecule has 6 unspecified atom stereocenters. The monoisotopic (exact) mass is 879 g/mol. The van der Waals surface area contributed by atoms with E-state index in [0.717, 1.165) is 44.9 Å². The zero-order valence-corrected chi connectivity index (χ0v) is 38.4. The van der Waals surface area contributed by atoms with Crippen molar-refractivity contribution < 1.29 is 63.1 Å². The topological polar surface area (TPSA) is 210 Å². The minimum Gasteiger partial charge on any atom is -0.462 e. The molecule has 0 bridgehead atoms. The molecule has 13 nitrogen and oxygen atoms in total. The van der Waals surface area contributed by atoms with Crippen molar-refractivity contribution in [2.45, 2.75) is 256 Å². The summed E-state index contributed by atoms with van der Waals surface area (Å²) in [5.41, 5.74) is 0. The Morgan fingerprint density at radius 2 is 0.850 bits per heavy atom. The fraction of sp³-hybridized carbons (Fsp3) is 0.913. The van der Waals surface area contributed by atoms with Crippen LogP contribution in [0.5, 0.6) is 0 Å². The van der Waals surface area contributed by atoms with Gasteiger partial charge in [0.05, 0.1) is 6.61 Å². The minimum absolute atomic E-state index is 0.0804. The summed E-state index contributed by atoms with van der Waals surface area (Å²) in [6.07, 6.45) is 25.6. The fourth-order valence-electron chi connectivity index (χ4n) is 7.46. The van der Waals surface area contributed by atoms with E-state index in [2.05, 4.69) is 26.0 Å². The van der Waals surface area contributed by atoms with E-state index in [1.807, 2.05) is 0 Å². The lowest BCUT2D eigenvalue weighted by Crippen LogP contribution is -2.64. The minimum atomic E-state index is -5.12. The van der Waals surface area contributed by atoms with E-state index in [9.17, 15) is 44.6 Å². The number of hydrogen-bond donors (Lipinski definition) is 6. The Kier molecular flexibility index (Phi) is 34.9. The van der Waals surface area contributed by atoms with E-state index in [1.165, 1.54) is 128 Å². The molecule has 1 rings (SSSR count). The van der Waals surface area contributed by atoms with E-state index < -0.39 is 75.7 Å². The first-order valence-electron chi connectivity index (χ1n) is 24.0. The number of phosphoric acid groups is 1. The van der Waals surface area contributed by atoms with Gasteiger partial charge in [0.15, 0.2) is 6.10 Å². The Bertz CT molecular complexity index is 1110. The predicted octanol–water partition coefficient (Wildman–Crippen LogP) is 9.45. The maximum absolute atomic E-state index is 12.8. The Hall–Kier alpha value is -1.41. The van der Waals surface area contributed by atoms with E-state index >= 15 is 0 Å². The van der Waals surface area contributed by atoms with Crippen LogP contribution in [-0.4, -0.2) is 98.3 Å². The second kappa shape index (κ2) is 37.0. The molecule has 8 atom stereocenters. The van der Waals surface area contributed by atoms with Crippen molar-refractivity contribution in [1.82, 2.24) is 0 Å². The first-order chi connectivity index (χ1) is 28.9. The van der Waals surface area contributed by atoms with E-state index in [4.69, 9.17) is 18.5 Å². The summed E-state index contributed by atoms with van der Waals surface area (Å²) in [7, 11) is -5.12. The molecule has 1 aliphatic rings. The Morgan fingerprint density at radius 1 is 0.500 bits per heavy atom. The molecule has 0 heterocycles. The van der Waals surface area contributed by atoms with Crippen molar-refractivity contribution in [3.05, 3.63) is 12.2 Å². The maximum atomic E-state index is 12.8. The van der Waals surface area contributed by atoms with E-state index in [0.29, 0.717) is 12.8 Å². The molecule has 0 saturated heterocycles. The first-order valence-corrected chi connectivity index (χ1v) is 25.5. The van der Waals surface area contributed by atoms with Crippen molar-refractivity contribution in [1.29, 1.82) is 0 Å². The Labute approximate surface area is 363 Å². The van der Waals surface area contributed by atoms with Crippen LogP contribution in [0.1, 0.15) is 213 Å². The third-order valence-corrected chi connectivity index (χ3v) is 12.3. The quantitative estimate of drug-likeness (QED) is 0.0147. The molecule has 0 radical (unpaired) electrons. The van der Waals surface area contributed by atoms with Crippen molar-refractivity contribution >= 4 is 19.8 Å². The van der Waals surface area contributed by atoms with Crippen LogP contribution in [0, 0.1) is 0 Å². The molecule has 1 saturated carbocycles. The van der Waals surface area contributed by atoms with Gasteiger partial charge in [0.25, 0.3) is 0 Å². The highest BCUT2D eigenvalue weighted by molar-refractivity contribution is 7.47. The van der Waals surface area contributed by atoms with Gasteiger partial charge in [0, 0.05) is 12.8 Å². The molecule has 0 spiro atoms. The number of esters is 2. The van der Waals surface area contributed by atoms with Gasteiger partial charge in [-0.2, -0.15) is 0 Å². The third kappa shape index (κ3) is 29.0. The number of unbranched alkanes of at least 4 members (excludes halogenated alkanes) is 26. The van der Waals surface area contributed by atoms with Gasteiger partial charge in [0.1, 0.15) is 43.2 Å². The summed E-state index contributed by atoms with van der Waals surface area (Å²) < 4.78 is 33.5. The Balaban J connectivity index is 2.42. The number of hydrogen-bond acceptors (Lipinski definition) is 12. The number of phosphoric ester groups is 1. The number of aliphatic hydroxyl groups is 5. The maximum Gasteiger partial charge on any atom is 0.472 e. The number of ether oxygens (including phenoxy) is 2. The normalized spacial score (nSPS) is 22.2. The SMILES string of the molecule is CCCCCCCC/C=C/CCCCCC(=O)O[C@@H](COC(=O)CCCCCCCCCCCCCCCCCCCC)COP(=O)(O)OC1C(O)C(O)C(O)[C@H](O)C1O. The van der Waals surface area contributed by atoms with E-state index in [-0.39, 0.29) is 12.8 Å². The zero-order valence-electron chi connectivity index (χ0n) is 37.5. The van der Waals surface area contributed by atoms with Crippen LogP contribution in [0.2, 0.25) is 0 Å². The molecule has 1 fully saturated rings. The number of carbonyl (C=O) groups excluding carboxylic acids is 2. The van der Waals surface area contributed by atoms with Gasteiger partial charge in [-0.25, -0.2) is 4.57 Å². The summed E-state index contributed by atoms with van der Waals surface area (Å²) in [6.45, 7) is 3.30. The molecular formula is C46H87O13P. The van der Waals surface area contributed by atoms with Crippen molar-refractivity contribution in [3.8, 4) is 0 Å². The van der Waals surface area contributed by atoms with Crippen LogP contribution >= 0.6 is 7.82 Å². The summed E-state index contributed by atoms with van der Waals surface area (Å²) >= 11 is 0. The molecule has 6 N–H and O–H groups in total. The van der Waals surface area contributed by atoms with Gasteiger partial charge >= 0.3 is 19.8 Å². The van der Waals surface area contributed by atoms with Gasteiger partial charge in [-0.1, -0.05) is 174 Å². The second-order valence-electron chi connectivity index (χ2n) is 17.0. The largest absolute Gasteiger partial charge is 0.472 e. The molecule has 0 aromatic rings. The van der Waals surface area contributed by atoms with Crippen LogP contribution < -0.4 is 0 Å². The summed E-state index contributed by atoms with van der Waals surface area (Å²) in [6, 6.07) is 0. The molecule has 0 amide bonds. The van der Waals surface area contributed by atoms with Crippen LogP contribution in [0.15, 0.2) is 12.2 Å². The van der Waals surface area contributed by atoms with Crippen LogP contribution in [-0.2, 0) is 32.7 Å². The lowest BCUT2D eigenvalue weighted by molar-refractivity contribution is -0.220. The number of aliphatic hydroxyl groups excluding tert-OH is 5. The lowest BCUT2D eigenvalue weighted by atomic mass is 9.85. The fourth-order valence-corrected chi connectivity index (χ4v) is 8.43. The van der Waals surface area contributed by atoms with Crippen molar-refractivity contribution in [2.75, 3.05) is 13.2 Å². The highest BCUT2D eigenvalue weighted by atomic mass is 31.2. The van der Waals surface area contributed by atoms with Crippen molar-refractivity contribution in [2.24, 2.45) is 0 Å². The first kappa shape index (κ1) is 56.6. The Morgan fingerprint density at radius 3 is 1.28 bits per heavy atom. The van der Waals surface area contributed by atoms with Gasteiger partial charge in [0.2, 0.25) is 0 Å². The van der Waals surface area contributed by atoms with Crippen molar-refractivity contribution in [3.63, 3.8) is 0 Å². The molecule has 60 heavy (non-hydrogen) atoms. The van der Waals surface area contributed by atoms with E-state index in [1.54, 1.807) is 0 Å². The molecule has 14 heteroatoms. The third-order valence-electron chi connectivity index (χ3n) is 11.4. The summed E-state index contributed by atoms with van der Waals surface area (Å²) in [5.74, 6) is -1.11. The van der Waals surface area contributed by atoms with Crippen LogP contribution in [0.4, 0.5) is 0 Å². The average Bonchev–Trinajstić information content (AvgIpc) is 3.23. The standard InChI is InChI=1S/C46H87O13P/c1-3-5-7-9-11-13-15-17-18-19-20-21-23-24-26-28-30-32-34-39(47)56-36-38(37-57-60(54,55)59-46-44(52)42(50)41(49)43(51)45(46)53)58-40(48)35-33-31-29-27-25-22-16-14-12-10-8-6-4-2/h22,25,38,41-46,49-53H,3-21,23-24,26-37H2,1-2H3,(H,54,55)/b25-22+/t38-,41?,42-,43?,44?,45?,46?/m0/s1. The van der Waals surface area contributed by atoms with Gasteiger partial charge in [-0.3, -0.25) is 18.6 Å². The lowest BCUT2D eigenvalue weighted by Gasteiger charge is -2.41. The van der Waals surface area contributed by atoms with Gasteiger partial charge < -0.3 is 39.9 Å². The summed E-state index contributed by atoms with van der Waals surface area (Å²) in [5, 5.41) is 50.1. The number of allylic oxidation sites excluding steroid dienone is 2. The second-order valence-corrected chi connectivity index (χ2v) is 18.4. The number of rotatable bonds is 40. The molecular weight excluding hydrogens is 791 g/mol. The van der Waals surface area contributed by atoms with Crippen LogP contribution in [0.3, 0.4) is 0 Å². The molecule has 354 valence electrons. The highest BCUT2D eigenvalue weighted by Crippen LogP contribution is 2.47. The number of carbonyl (C=O) groups is 2. The molecule has 1 aliphatic carbocycles.